The molecule has 263 valence electrons. The molecular formula is C48H42CuN2P2+2. The van der Waals surface area contributed by atoms with Crippen LogP contribution in [-0.2, 0) is 17.1 Å². The van der Waals surface area contributed by atoms with E-state index in [1.165, 1.54) is 64.5 Å². The first-order chi connectivity index (χ1) is 25.7. The Morgan fingerprint density at radius 1 is 0.340 bits per heavy atom. The van der Waals surface area contributed by atoms with Crippen LogP contribution in [0.25, 0.3) is 43.5 Å². The molecule has 53 heavy (non-hydrogen) atoms. The number of hydrogen-bond acceptors (Lipinski definition) is 0. The average Bonchev–Trinajstić information content (AvgIpc) is 3.20. The molecule has 0 bridgehead atoms. The maximum absolute atomic E-state index is 7.44. The first-order valence-electron chi connectivity index (χ1n) is 17.5. The molecule has 0 heterocycles. The van der Waals surface area contributed by atoms with E-state index in [0.717, 1.165) is 12.4 Å². The van der Waals surface area contributed by atoms with Gasteiger partial charge in [-0.3, -0.25) is 0 Å². The number of benzene rings is 8. The second-order valence-electron chi connectivity index (χ2n) is 12.1. The summed E-state index contributed by atoms with van der Waals surface area (Å²) in [6.07, 6.45) is 2.00. The van der Waals surface area contributed by atoms with Crippen LogP contribution in [0.1, 0.15) is 13.8 Å². The van der Waals surface area contributed by atoms with E-state index in [2.05, 4.69) is 194 Å². The molecule has 0 N–H and O–H groups in total. The van der Waals surface area contributed by atoms with E-state index in [9.17, 15) is 0 Å². The van der Waals surface area contributed by atoms with Crippen LogP contribution in [0.4, 0.5) is 0 Å². The molecule has 8 rings (SSSR count). The minimum atomic E-state index is -1.37. The van der Waals surface area contributed by atoms with Gasteiger partial charge in [0.05, 0.1) is 15.8 Å². The molecule has 1 radical (unpaired) electrons. The van der Waals surface area contributed by atoms with Gasteiger partial charge in [0, 0.05) is 11.1 Å². The Kier molecular flexibility index (Phi) is 14.6. The number of hydrogen-bond donors (Lipinski definition) is 0. The average molecular weight is 772 g/mol. The summed E-state index contributed by atoms with van der Waals surface area (Å²) in [6.45, 7) is 3.11. The standard InChI is InChI=1S/C44H32P2.2C2H4N.Cu/c1-5-19-35(20-6-1)45(36-21-7-2-8-22-36)41-31-29-33-17-13-15-27-39(33)43(41)44-40-28-16-14-18-34(40)30-32-42(44)46(37-23-9-3-10-24-37)38-25-11-4-12-26-38;2*1-2-3;/h1-32H;2*2H,1H3;/q;2*-1;+2/p+2. The van der Waals surface area contributed by atoms with Crippen LogP contribution in [0.3, 0.4) is 0 Å². The first-order valence-corrected chi connectivity index (χ1v) is 20.5. The van der Waals surface area contributed by atoms with Crippen molar-refractivity contribution in [3.05, 3.63) is 205 Å². The van der Waals surface area contributed by atoms with Gasteiger partial charge in [-0.15, -0.1) is 0 Å². The van der Waals surface area contributed by atoms with Crippen molar-refractivity contribution in [1.82, 2.24) is 0 Å². The van der Waals surface area contributed by atoms with E-state index >= 15 is 0 Å². The second-order valence-corrected chi connectivity index (χ2v) is 17.0. The number of fused-ring (bicyclic) bond motifs is 2. The molecule has 0 fully saturated rings. The van der Waals surface area contributed by atoms with Crippen molar-refractivity contribution in [2.24, 2.45) is 0 Å². The van der Waals surface area contributed by atoms with Crippen molar-refractivity contribution in [2.75, 3.05) is 0 Å². The molecule has 2 nitrogen and oxygen atoms in total. The van der Waals surface area contributed by atoms with E-state index in [-0.39, 0.29) is 17.1 Å². The predicted molar refractivity (Wildman–Crippen MR) is 237 cm³/mol. The zero-order chi connectivity index (χ0) is 36.1. The third kappa shape index (κ3) is 8.97. The minimum Gasteiger partial charge on any atom is -0.814 e. The molecule has 8 aromatic rings. The predicted octanol–water partition coefficient (Wildman–Crippen LogP) is 9.93. The van der Waals surface area contributed by atoms with Gasteiger partial charge in [0.1, 0.15) is 31.8 Å². The summed E-state index contributed by atoms with van der Waals surface area (Å²) >= 11 is 0. The van der Waals surface area contributed by atoms with Gasteiger partial charge in [-0.2, -0.15) is 0 Å². The maximum Gasteiger partial charge on any atom is 2.00 e. The summed E-state index contributed by atoms with van der Waals surface area (Å²) in [5.74, 6) is 0. The fourth-order valence-corrected chi connectivity index (χ4v) is 12.4. The van der Waals surface area contributed by atoms with Gasteiger partial charge in [-0.1, -0.05) is 147 Å². The molecule has 0 saturated carbocycles. The van der Waals surface area contributed by atoms with Crippen molar-refractivity contribution in [3.8, 4) is 11.1 Å². The molecule has 0 atom stereocenters. The molecule has 5 heteroatoms. The van der Waals surface area contributed by atoms with Crippen molar-refractivity contribution in [2.45, 2.75) is 13.8 Å². The fraction of sp³-hybridized carbons (Fsp3) is 0.0417. The molecular weight excluding hydrogens is 730 g/mol. The molecule has 0 saturated heterocycles. The number of nitrogens with zero attached hydrogens (tertiary/aromatic N) is 2. The molecule has 0 aromatic heterocycles. The third-order valence-electron chi connectivity index (χ3n) is 8.90. The van der Waals surface area contributed by atoms with Crippen molar-refractivity contribution in [3.63, 3.8) is 0 Å². The first kappa shape index (κ1) is 39.2. The Morgan fingerprint density at radius 2 is 0.585 bits per heavy atom. The SMILES string of the molecule is CC=[N-].CC=[N-].[Cu+2].c1ccc([PH+](c2ccccc2)c2ccc3ccccc3c2-c2c([PH+](c3ccccc3)c3ccccc3)ccc3ccccc23)cc1. The Morgan fingerprint density at radius 3 is 0.868 bits per heavy atom. The van der Waals surface area contributed by atoms with Crippen LogP contribution in [0.2, 0.25) is 0 Å². The maximum atomic E-state index is 7.44. The van der Waals surface area contributed by atoms with E-state index in [1.807, 2.05) is 0 Å². The van der Waals surface area contributed by atoms with Crippen molar-refractivity contribution >= 4 is 81.6 Å². The normalized spacial score (nSPS) is 10.4. The Hall–Kier alpha value is -5.00. The summed E-state index contributed by atoms with van der Waals surface area (Å²) in [4.78, 5) is 0. The van der Waals surface area contributed by atoms with Gasteiger partial charge in [0.2, 0.25) is 0 Å². The summed E-state index contributed by atoms with van der Waals surface area (Å²) in [5.41, 5.74) is 2.75. The zero-order valence-corrected chi connectivity index (χ0v) is 32.8. The molecule has 0 aliphatic rings. The van der Waals surface area contributed by atoms with Crippen LogP contribution in [0.15, 0.2) is 194 Å². The smallest absolute Gasteiger partial charge is 0.814 e. The van der Waals surface area contributed by atoms with E-state index < -0.39 is 15.8 Å². The van der Waals surface area contributed by atoms with E-state index in [4.69, 9.17) is 10.8 Å². The van der Waals surface area contributed by atoms with Gasteiger partial charge >= 0.3 is 17.1 Å². The van der Waals surface area contributed by atoms with Crippen LogP contribution in [0.5, 0.6) is 0 Å². The van der Waals surface area contributed by atoms with Crippen LogP contribution in [0, 0.1) is 0 Å². The van der Waals surface area contributed by atoms with Gasteiger partial charge < -0.3 is 10.8 Å². The quantitative estimate of drug-likeness (QED) is 0.0881. The molecule has 0 aliphatic carbocycles. The molecule has 0 amide bonds. The van der Waals surface area contributed by atoms with E-state index in [0.29, 0.717) is 0 Å². The van der Waals surface area contributed by atoms with Crippen LogP contribution in [-0.4, -0.2) is 12.4 Å². The van der Waals surface area contributed by atoms with Gasteiger partial charge in [0.15, 0.2) is 0 Å². The summed E-state index contributed by atoms with van der Waals surface area (Å²) in [6, 6.07) is 72.2. The third-order valence-corrected chi connectivity index (χ3v) is 14.4. The summed E-state index contributed by atoms with van der Waals surface area (Å²) < 4.78 is 0. The molecule has 0 spiro atoms. The largest absolute Gasteiger partial charge is 2.00 e. The Bertz CT molecular complexity index is 2120. The Labute approximate surface area is 327 Å². The molecule has 8 aromatic carbocycles. The van der Waals surface area contributed by atoms with Gasteiger partial charge in [-0.25, -0.2) is 12.4 Å². The van der Waals surface area contributed by atoms with Gasteiger partial charge in [-0.05, 0) is 82.2 Å². The van der Waals surface area contributed by atoms with Crippen molar-refractivity contribution < 1.29 is 17.1 Å². The summed E-state index contributed by atoms with van der Waals surface area (Å²) in [5, 5.41) is 28.5. The van der Waals surface area contributed by atoms with E-state index in [1.54, 1.807) is 13.8 Å². The fourth-order valence-electron chi connectivity index (χ4n) is 6.87. The Balaban J connectivity index is 0.000000727. The van der Waals surface area contributed by atoms with Crippen molar-refractivity contribution in [1.29, 1.82) is 0 Å². The molecule has 0 aliphatic heterocycles. The van der Waals surface area contributed by atoms with Crippen LogP contribution >= 0.6 is 15.8 Å². The zero-order valence-electron chi connectivity index (χ0n) is 29.8. The monoisotopic (exact) mass is 771 g/mol. The number of rotatable bonds is 7. The topological polar surface area (TPSA) is 44.6 Å². The molecule has 0 unspecified atom stereocenters. The van der Waals surface area contributed by atoms with Gasteiger partial charge in [0.25, 0.3) is 0 Å². The summed E-state index contributed by atoms with van der Waals surface area (Å²) in [7, 11) is -2.74. The minimum absolute atomic E-state index is 0. The van der Waals surface area contributed by atoms with Crippen LogP contribution < -0.4 is 31.8 Å². The second kappa shape index (κ2) is 19.7.